The maximum absolute atomic E-state index is 8.95. The maximum atomic E-state index is 8.95. The van der Waals surface area contributed by atoms with Gasteiger partial charge in [0.1, 0.15) is 0 Å². The van der Waals surface area contributed by atoms with Crippen LogP contribution >= 0.6 is 0 Å². The second-order valence-corrected chi connectivity index (χ2v) is 5.37. The lowest BCUT2D eigenvalue weighted by Gasteiger charge is -2.21. The van der Waals surface area contributed by atoms with Gasteiger partial charge in [0.15, 0.2) is 0 Å². The molecule has 1 atom stereocenters. The highest BCUT2D eigenvalue weighted by atomic mass is 14.9. The summed E-state index contributed by atoms with van der Waals surface area (Å²) in [6, 6.07) is 14.4. The Morgan fingerprint density at radius 1 is 1.05 bits per heavy atom. The van der Waals surface area contributed by atoms with Gasteiger partial charge in [0.25, 0.3) is 0 Å². The zero-order valence-electron chi connectivity index (χ0n) is 12.5. The van der Waals surface area contributed by atoms with E-state index in [1.165, 1.54) is 22.3 Å². The van der Waals surface area contributed by atoms with Crippen LogP contribution in [0.3, 0.4) is 0 Å². The molecule has 2 aromatic rings. The molecule has 0 aliphatic rings. The molecular weight excluding hydrogens is 244 g/mol. The second kappa shape index (κ2) is 5.79. The summed E-state index contributed by atoms with van der Waals surface area (Å²) in [5.41, 5.74) is 6.90. The Morgan fingerprint density at radius 2 is 1.70 bits per heavy atom. The fourth-order valence-electron chi connectivity index (χ4n) is 2.87. The number of benzene rings is 2. The fraction of sp³-hybridized carbons (Fsp3) is 0.278. The molecule has 1 N–H and O–H groups in total. The first-order valence-corrected chi connectivity index (χ1v) is 6.85. The van der Waals surface area contributed by atoms with Crippen LogP contribution in [-0.2, 0) is 0 Å². The Balaban J connectivity index is 2.28. The fourth-order valence-corrected chi connectivity index (χ4v) is 2.87. The van der Waals surface area contributed by atoms with E-state index in [2.05, 4.69) is 51.2 Å². The Morgan fingerprint density at radius 3 is 2.30 bits per heavy atom. The Hall–Kier alpha value is -2.27. The molecule has 2 heteroatoms. The van der Waals surface area contributed by atoms with Gasteiger partial charge in [0.2, 0.25) is 0 Å². The molecule has 2 aromatic carbocycles. The highest BCUT2D eigenvalue weighted by Crippen LogP contribution is 2.26. The van der Waals surface area contributed by atoms with Crippen LogP contribution in [0.2, 0.25) is 0 Å². The summed E-state index contributed by atoms with van der Waals surface area (Å²) in [4.78, 5) is 0. The molecule has 0 radical (unpaired) electrons. The van der Waals surface area contributed by atoms with E-state index in [9.17, 15) is 0 Å². The molecule has 0 fully saturated rings. The smallest absolute Gasteiger partial charge is 0.0992 e. The highest BCUT2D eigenvalue weighted by Gasteiger charge is 2.12. The predicted octanol–water partition coefficient (Wildman–Crippen LogP) is 4.66. The van der Waals surface area contributed by atoms with Crippen LogP contribution in [0.25, 0.3) is 0 Å². The van der Waals surface area contributed by atoms with Crippen molar-refractivity contribution in [2.45, 2.75) is 33.7 Å². The van der Waals surface area contributed by atoms with E-state index in [0.717, 1.165) is 5.69 Å². The molecule has 0 saturated heterocycles. The van der Waals surface area contributed by atoms with E-state index in [1.54, 1.807) is 0 Å². The van der Waals surface area contributed by atoms with E-state index >= 15 is 0 Å². The monoisotopic (exact) mass is 264 g/mol. The molecule has 2 nitrogen and oxygen atoms in total. The average Bonchev–Trinajstić information content (AvgIpc) is 2.37. The molecule has 0 aliphatic carbocycles. The summed E-state index contributed by atoms with van der Waals surface area (Å²) in [6.07, 6.45) is 0. The average molecular weight is 264 g/mol. The van der Waals surface area contributed by atoms with Gasteiger partial charge in [-0.25, -0.2) is 0 Å². The summed E-state index contributed by atoms with van der Waals surface area (Å²) in [6.45, 7) is 8.58. The molecule has 0 spiro atoms. The van der Waals surface area contributed by atoms with Crippen LogP contribution in [0.4, 0.5) is 5.69 Å². The van der Waals surface area contributed by atoms with E-state index in [1.807, 2.05) is 24.3 Å². The molecule has 0 aromatic heterocycles. The Labute approximate surface area is 121 Å². The van der Waals surface area contributed by atoms with Crippen LogP contribution in [-0.4, -0.2) is 0 Å². The van der Waals surface area contributed by atoms with Gasteiger partial charge in [-0.3, -0.25) is 0 Å². The van der Waals surface area contributed by atoms with Gasteiger partial charge in [-0.15, -0.1) is 0 Å². The molecule has 1 unspecified atom stereocenters. The lowest BCUT2D eigenvalue weighted by Crippen LogP contribution is -2.10. The number of rotatable bonds is 3. The van der Waals surface area contributed by atoms with Crippen molar-refractivity contribution in [1.29, 1.82) is 5.26 Å². The third-order valence-electron chi connectivity index (χ3n) is 3.55. The maximum Gasteiger partial charge on any atom is 0.0992 e. The standard InChI is InChI=1S/C18H20N2/c1-12-8-13(2)18(14(3)9-12)15(4)20-17-7-5-6-16(10-17)11-19/h5-10,15,20H,1-4H3. The van der Waals surface area contributed by atoms with Gasteiger partial charge in [-0.2, -0.15) is 5.26 Å². The topological polar surface area (TPSA) is 35.8 Å². The van der Waals surface area contributed by atoms with E-state index < -0.39 is 0 Å². The molecule has 0 heterocycles. The van der Waals surface area contributed by atoms with Crippen LogP contribution in [0.1, 0.15) is 40.8 Å². The normalized spacial score (nSPS) is 11.8. The number of hydrogen-bond acceptors (Lipinski definition) is 2. The molecule has 20 heavy (non-hydrogen) atoms. The highest BCUT2D eigenvalue weighted by molar-refractivity contribution is 5.52. The van der Waals surface area contributed by atoms with Gasteiger partial charge in [0.05, 0.1) is 11.6 Å². The van der Waals surface area contributed by atoms with E-state index in [0.29, 0.717) is 5.56 Å². The first-order chi connectivity index (χ1) is 9.51. The molecule has 2 rings (SSSR count). The molecular formula is C18H20N2. The lowest BCUT2D eigenvalue weighted by atomic mass is 9.94. The van der Waals surface area contributed by atoms with Crippen LogP contribution < -0.4 is 5.32 Å². The minimum atomic E-state index is 0.213. The van der Waals surface area contributed by atoms with Crippen molar-refractivity contribution in [3.05, 3.63) is 64.2 Å². The Kier molecular flexibility index (Phi) is 4.10. The first kappa shape index (κ1) is 14.1. The largest absolute Gasteiger partial charge is 0.378 e. The van der Waals surface area contributed by atoms with Crippen molar-refractivity contribution in [1.82, 2.24) is 0 Å². The number of nitriles is 1. The molecule has 0 amide bonds. The summed E-state index contributed by atoms with van der Waals surface area (Å²) < 4.78 is 0. The first-order valence-electron chi connectivity index (χ1n) is 6.85. The minimum Gasteiger partial charge on any atom is -0.378 e. The quantitative estimate of drug-likeness (QED) is 0.875. The second-order valence-electron chi connectivity index (χ2n) is 5.37. The third-order valence-corrected chi connectivity index (χ3v) is 3.55. The van der Waals surface area contributed by atoms with Gasteiger partial charge < -0.3 is 5.32 Å². The van der Waals surface area contributed by atoms with Crippen LogP contribution in [0.5, 0.6) is 0 Å². The van der Waals surface area contributed by atoms with Gasteiger partial charge in [0, 0.05) is 11.7 Å². The Bertz CT molecular complexity index is 642. The molecule has 0 bridgehead atoms. The number of anilines is 1. The van der Waals surface area contributed by atoms with Crippen molar-refractivity contribution < 1.29 is 0 Å². The number of nitrogens with one attached hydrogen (secondary N) is 1. The van der Waals surface area contributed by atoms with E-state index in [4.69, 9.17) is 5.26 Å². The van der Waals surface area contributed by atoms with Crippen molar-refractivity contribution in [2.24, 2.45) is 0 Å². The third kappa shape index (κ3) is 3.00. The zero-order valence-corrected chi connectivity index (χ0v) is 12.5. The van der Waals surface area contributed by atoms with Crippen molar-refractivity contribution in [2.75, 3.05) is 5.32 Å². The predicted molar refractivity (Wildman–Crippen MR) is 83.8 cm³/mol. The molecule has 0 aliphatic heterocycles. The van der Waals surface area contributed by atoms with Crippen LogP contribution in [0, 0.1) is 32.1 Å². The summed E-state index contributed by atoms with van der Waals surface area (Å²) in [5, 5.41) is 12.4. The SMILES string of the molecule is Cc1cc(C)c(C(C)Nc2cccc(C#N)c2)c(C)c1. The molecule has 0 saturated carbocycles. The number of nitrogens with zero attached hydrogens (tertiary/aromatic N) is 1. The zero-order chi connectivity index (χ0) is 14.7. The van der Waals surface area contributed by atoms with Gasteiger partial charge in [-0.1, -0.05) is 23.8 Å². The number of hydrogen-bond donors (Lipinski definition) is 1. The lowest BCUT2D eigenvalue weighted by molar-refractivity contribution is 0.862. The molecule has 102 valence electrons. The summed E-state index contributed by atoms with van der Waals surface area (Å²) in [5.74, 6) is 0. The van der Waals surface area contributed by atoms with E-state index in [-0.39, 0.29) is 6.04 Å². The summed E-state index contributed by atoms with van der Waals surface area (Å²) in [7, 11) is 0. The van der Waals surface area contributed by atoms with Gasteiger partial charge >= 0.3 is 0 Å². The van der Waals surface area contributed by atoms with Crippen molar-refractivity contribution >= 4 is 5.69 Å². The van der Waals surface area contributed by atoms with Crippen LogP contribution in [0.15, 0.2) is 36.4 Å². The summed E-state index contributed by atoms with van der Waals surface area (Å²) >= 11 is 0. The van der Waals surface area contributed by atoms with Gasteiger partial charge in [-0.05, 0) is 62.6 Å². The van der Waals surface area contributed by atoms with Crippen molar-refractivity contribution in [3.8, 4) is 6.07 Å². The van der Waals surface area contributed by atoms with Crippen molar-refractivity contribution in [3.63, 3.8) is 0 Å². The number of aryl methyl sites for hydroxylation is 3. The minimum absolute atomic E-state index is 0.213.